The van der Waals surface area contributed by atoms with Crippen molar-refractivity contribution < 1.29 is 9.53 Å². The number of carbonyl (C=O) groups excluding carboxylic acids is 1. The first-order valence-corrected chi connectivity index (χ1v) is 6.47. The highest BCUT2D eigenvalue weighted by Gasteiger charge is 2.20. The Kier molecular flexibility index (Phi) is 6.43. The van der Waals surface area contributed by atoms with E-state index in [4.69, 9.17) is 4.74 Å². The summed E-state index contributed by atoms with van der Waals surface area (Å²) < 4.78 is 6.82. The molecule has 1 heterocycles. The Hall–Kier alpha value is -1.36. The van der Waals surface area contributed by atoms with Crippen molar-refractivity contribution in [1.82, 2.24) is 14.9 Å². The summed E-state index contributed by atoms with van der Waals surface area (Å²) in [6, 6.07) is -0.0198. The molecule has 0 amide bonds. The van der Waals surface area contributed by atoms with Gasteiger partial charge in [0.05, 0.1) is 13.4 Å². The Balaban J connectivity index is 2.45. The quantitative estimate of drug-likeness (QED) is 0.715. The van der Waals surface area contributed by atoms with Gasteiger partial charge in [0.2, 0.25) is 0 Å². The topological polar surface area (TPSA) is 56.2 Å². The number of ether oxygens (including phenoxy) is 1. The summed E-state index contributed by atoms with van der Waals surface area (Å²) in [5.74, 6) is -0.180. The maximum Gasteiger partial charge on any atom is 0.322 e. The number of esters is 1. The Morgan fingerprint density at radius 2 is 2.33 bits per heavy atom. The molecule has 1 aromatic rings. The normalized spacial score (nSPS) is 14.2. The van der Waals surface area contributed by atoms with Crippen LogP contribution in [0.4, 0.5) is 0 Å². The van der Waals surface area contributed by atoms with E-state index in [2.05, 4.69) is 24.1 Å². The predicted molar refractivity (Wildman–Crippen MR) is 70.2 cm³/mol. The Labute approximate surface area is 109 Å². The standard InChI is InChI=1S/C13H23N3O2/c1-4-5-6-12(13(17)18-3)15-11(2)9-16-8-7-14-10-16/h7-8,10-12,15H,4-6,9H2,1-3H3. The van der Waals surface area contributed by atoms with E-state index in [0.29, 0.717) is 0 Å². The third kappa shape index (κ3) is 4.87. The van der Waals surface area contributed by atoms with Crippen molar-refractivity contribution in [3.63, 3.8) is 0 Å². The van der Waals surface area contributed by atoms with Crippen LogP contribution >= 0.6 is 0 Å². The van der Waals surface area contributed by atoms with Crippen molar-refractivity contribution in [2.45, 2.75) is 51.7 Å². The van der Waals surface area contributed by atoms with Crippen molar-refractivity contribution in [3.05, 3.63) is 18.7 Å². The van der Waals surface area contributed by atoms with Crippen LogP contribution < -0.4 is 5.32 Å². The minimum Gasteiger partial charge on any atom is -0.468 e. The van der Waals surface area contributed by atoms with Crippen LogP contribution in [0, 0.1) is 0 Å². The predicted octanol–water partition coefficient (Wildman–Crippen LogP) is 1.59. The summed E-state index contributed by atoms with van der Waals surface area (Å²) in [6.07, 6.45) is 8.35. The molecular formula is C13H23N3O2. The van der Waals surface area contributed by atoms with E-state index in [-0.39, 0.29) is 18.1 Å². The van der Waals surface area contributed by atoms with Gasteiger partial charge in [0.15, 0.2) is 0 Å². The van der Waals surface area contributed by atoms with Crippen LogP contribution in [0.5, 0.6) is 0 Å². The number of carbonyl (C=O) groups is 1. The van der Waals surface area contributed by atoms with Gasteiger partial charge in [-0.15, -0.1) is 0 Å². The van der Waals surface area contributed by atoms with Gasteiger partial charge in [-0.25, -0.2) is 4.98 Å². The van der Waals surface area contributed by atoms with E-state index in [0.717, 1.165) is 25.8 Å². The van der Waals surface area contributed by atoms with Gasteiger partial charge < -0.3 is 14.6 Å². The SMILES string of the molecule is CCCCC(NC(C)Cn1ccnc1)C(=O)OC. The molecule has 0 spiro atoms. The molecule has 2 unspecified atom stereocenters. The van der Waals surface area contributed by atoms with Gasteiger partial charge in [-0.05, 0) is 13.3 Å². The number of unbranched alkanes of at least 4 members (excludes halogenated alkanes) is 1. The molecule has 0 aromatic carbocycles. The first kappa shape index (κ1) is 14.7. The highest BCUT2D eigenvalue weighted by atomic mass is 16.5. The monoisotopic (exact) mass is 253 g/mol. The van der Waals surface area contributed by atoms with Crippen molar-refractivity contribution in [1.29, 1.82) is 0 Å². The molecule has 5 heteroatoms. The fourth-order valence-electron chi connectivity index (χ4n) is 1.93. The molecule has 5 nitrogen and oxygen atoms in total. The molecule has 102 valence electrons. The second kappa shape index (κ2) is 7.87. The van der Waals surface area contributed by atoms with Crippen LogP contribution in [0.2, 0.25) is 0 Å². The summed E-state index contributed by atoms with van der Waals surface area (Å²) >= 11 is 0. The molecule has 0 bridgehead atoms. The fraction of sp³-hybridized carbons (Fsp3) is 0.692. The van der Waals surface area contributed by atoms with Crippen molar-refractivity contribution in [3.8, 4) is 0 Å². The Bertz CT molecular complexity index is 338. The second-order valence-corrected chi connectivity index (χ2v) is 4.55. The Morgan fingerprint density at radius 1 is 1.56 bits per heavy atom. The number of imidazole rings is 1. The average molecular weight is 253 g/mol. The van der Waals surface area contributed by atoms with Crippen LogP contribution in [0.15, 0.2) is 18.7 Å². The lowest BCUT2D eigenvalue weighted by molar-refractivity contribution is -0.143. The maximum atomic E-state index is 11.7. The summed E-state index contributed by atoms with van der Waals surface area (Å²) in [5.41, 5.74) is 0. The smallest absolute Gasteiger partial charge is 0.322 e. The number of hydrogen-bond acceptors (Lipinski definition) is 4. The molecule has 1 N–H and O–H groups in total. The van der Waals surface area contributed by atoms with E-state index >= 15 is 0 Å². The zero-order valence-corrected chi connectivity index (χ0v) is 11.4. The van der Waals surface area contributed by atoms with Crippen LogP contribution in [0.1, 0.15) is 33.1 Å². The zero-order chi connectivity index (χ0) is 13.4. The summed E-state index contributed by atoms with van der Waals surface area (Å²) in [7, 11) is 1.43. The van der Waals surface area contributed by atoms with Gasteiger partial charge in [0.25, 0.3) is 0 Å². The van der Waals surface area contributed by atoms with E-state index in [9.17, 15) is 4.79 Å². The second-order valence-electron chi connectivity index (χ2n) is 4.55. The lowest BCUT2D eigenvalue weighted by Gasteiger charge is -2.21. The molecule has 18 heavy (non-hydrogen) atoms. The largest absolute Gasteiger partial charge is 0.468 e. The van der Waals surface area contributed by atoms with Crippen molar-refractivity contribution in [2.24, 2.45) is 0 Å². The number of aromatic nitrogens is 2. The minimum atomic E-state index is -0.214. The van der Waals surface area contributed by atoms with E-state index in [1.807, 2.05) is 10.8 Å². The molecule has 0 fully saturated rings. The van der Waals surface area contributed by atoms with Crippen LogP contribution in [0.25, 0.3) is 0 Å². The minimum absolute atomic E-state index is 0.180. The van der Waals surface area contributed by atoms with E-state index in [1.165, 1.54) is 7.11 Å². The molecule has 0 saturated carbocycles. The van der Waals surface area contributed by atoms with Gasteiger partial charge in [0, 0.05) is 25.0 Å². The third-order valence-corrected chi connectivity index (χ3v) is 2.86. The summed E-state index contributed by atoms with van der Waals surface area (Å²) in [5, 5.41) is 3.32. The molecule has 0 aliphatic heterocycles. The van der Waals surface area contributed by atoms with Crippen LogP contribution in [-0.4, -0.2) is 34.7 Å². The number of methoxy groups -OCH3 is 1. The van der Waals surface area contributed by atoms with Gasteiger partial charge in [0.1, 0.15) is 6.04 Å². The molecule has 0 aliphatic carbocycles. The lowest BCUT2D eigenvalue weighted by atomic mass is 10.1. The molecular weight excluding hydrogens is 230 g/mol. The van der Waals surface area contributed by atoms with Crippen molar-refractivity contribution in [2.75, 3.05) is 7.11 Å². The first-order valence-electron chi connectivity index (χ1n) is 6.47. The third-order valence-electron chi connectivity index (χ3n) is 2.86. The number of hydrogen-bond donors (Lipinski definition) is 1. The number of nitrogens with zero attached hydrogens (tertiary/aromatic N) is 2. The number of nitrogens with one attached hydrogen (secondary N) is 1. The molecule has 0 radical (unpaired) electrons. The molecule has 0 saturated heterocycles. The molecule has 0 aliphatic rings. The fourth-order valence-corrected chi connectivity index (χ4v) is 1.93. The summed E-state index contributed by atoms with van der Waals surface area (Å²) in [4.78, 5) is 15.7. The van der Waals surface area contributed by atoms with Crippen LogP contribution in [0.3, 0.4) is 0 Å². The summed E-state index contributed by atoms with van der Waals surface area (Å²) in [6.45, 7) is 4.96. The van der Waals surface area contributed by atoms with Crippen LogP contribution in [-0.2, 0) is 16.1 Å². The van der Waals surface area contributed by atoms with E-state index < -0.39 is 0 Å². The number of rotatable bonds is 8. The highest BCUT2D eigenvalue weighted by molar-refractivity contribution is 5.75. The van der Waals surface area contributed by atoms with Gasteiger partial charge in [-0.1, -0.05) is 19.8 Å². The van der Waals surface area contributed by atoms with E-state index in [1.54, 1.807) is 12.5 Å². The average Bonchev–Trinajstić information content (AvgIpc) is 2.86. The molecule has 1 rings (SSSR count). The zero-order valence-electron chi connectivity index (χ0n) is 11.4. The van der Waals surface area contributed by atoms with Gasteiger partial charge in [-0.2, -0.15) is 0 Å². The van der Waals surface area contributed by atoms with Gasteiger partial charge in [-0.3, -0.25) is 4.79 Å². The first-order chi connectivity index (χ1) is 8.67. The van der Waals surface area contributed by atoms with Gasteiger partial charge >= 0.3 is 5.97 Å². The molecule has 1 aromatic heterocycles. The lowest BCUT2D eigenvalue weighted by Crippen LogP contribution is -2.44. The van der Waals surface area contributed by atoms with Crippen molar-refractivity contribution >= 4 is 5.97 Å². The maximum absolute atomic E-state index is 11.7. The Morgan fingerprint density at radius 3 is 2.89 bits per heavy atom. The highest BCUT2D eigenvalue weighted by Crippen LogP contribution is 2.04. The molecule has 2 atom stereocenters.